The molecule has 0 aliphatic rings. The molecule has 0 fully saturated rings. The lowest BCUT2D eigenvalue weighted by molar-refractivity contribution is 0.104. The Bertz CT molecular complexity index is 593. The number of allylic oxidation sites excluding steroid dienone is 1. The molecule has 0 unspecified atom stereocenters. The topological polar surface area (TPSA) is 17.1 Å². The van der Waals surface area contributed by atoms with Gasteiger partial charge in [0.15, 0.2) is 5.78 Å². The summed E-state index contributed by atoms with van der Waals surface area (Å²) in [5, 5.41) is 0.697. The van der Waals surface area contributed by atoms with Gasteiger partial charge in [0, 0.05) is 20.3 Å². The van der Waals surface area contributed by atoms with Gasteiger partial charge >= 0.3 is 0 Å². The monoisotopic (exact) mass is 276 g/mol. The first kappa shape index (κ1) is 13.1. The molecule has 2 aromatic rings. The van der Waals surface area contributed by atoms with Crippen LogP contribution in [-0.4, -0.2) is 5.78 Å². The number of ketones is 1. The Hall–Kier alpha value is -1.38. The molecule has 1 aromatic heterocycles. The van der Waals surface area contributed by atoms with Crippen LogP contribution in [0, 0.1) is 13.8 Å². The molecule has 3 heteroatoms. The van der Waals surface area contributed by atoms with Crippen molar-refractivity contribution >= 4 is 34.8 Å². The summed E-state index contributed by atoms with van der Waals surface area (Å²) in [4.78, 5) is 14.2. The SMILES string of the molecule is Cc1cc(C(=O)/C=C/c2ccc(Cl)cc2)c(C)s1. The van der Waals surface area contributed by atoms with Gasteiger partial charge in [0.25, 0.3) is 0 Å². The minimum atomic E-state index is 0.0480. The second-order valence-corrected chi connectivity index (χ2v) is 5.97. The smallest absolute Gasteiger partial charge is 0.186 e. The number of hydrogen-bond acceptors (Lipinski definition) is 2. The number of rotatable bonds is 3. The second-order valence-electron chi connectivity index (χ2n) is 4.08. The van der Waals surface area contributed by atoms with Crippen LogP contribution in [0.15, 0.2) is 36.4 Å². The Balaban J connectivity index is 2.16. The van der Waals surface area contributed by atoms with E-state index in [1.165, 1.54) is 0 Å². The first-order chi connectivity index (χ1) is 8.56. The standard InChI is InChI=1S/C15H13ClOS/c1-10-9-14(11(2)18-10)15(17)8-5-12-3-6-13(16)7-4-12/h3-9H,1-2H3/b8-5+. The molecule has 0 amide bonds. The van der Waals surface area contributed by atoms with Crippen molar-refractivity contribution in [3.8, 4) is 0 Å². The van der Waals surface area contributed by atoms with Gasteiger partial charge in [-0.25, -0.2) is 0 Å². The molecule has 1 heterocycles. The Kier molecular flexibility index (Phi) is 4.00. The van der Waals surface area contributed by atoms with E-state index in [1.54, 1.807) is 17.4 Å². The van der Waals surface area contributed by atoms with E-state index >= 15 is 0 Å². The zero-order valence-electron chi connectivity index (χ0n) is 10.2. The molecule has 0 bridgehead atoms. The van der Waals surface area contributed by atoms with Crippen LogP contribution >= 0.6 is 22.9 Å². The van der Waals surface area contributed by atoms with Crippen LogP contribution in [-0.2, 0) is 0 Å². The third-order valence-corrected chi connectivity index (χ3v) is 3.82. The quantitative estimate of drug-likeness (QED) is 0.575. The molecule has 1 aromatic carbocycles. The molecule has 0 radical (unpaired) electrons. The van der Waals surface area contributed by atoms with Gasteiger partial charge in [0.05, 0.1) is 0 Å². The van der Waals surface area contributed by atoms with E-state index in [2.05, 4.69) is 0 Å². The van der Waals surface area contributed by atoms with Crippen molar-refractivity contribution < 1.29 is 4.79 Å². The van der Waals surface area contributed by atoms with Crippen LogP contribution in [0.1, 0.15) is 25.7 Å². The fraction of sp³-hybridized carbons (Fsp3) is 0.133. The molecular formula is C15H13ClOS. The summed E-state index contributed by atoms with van der Waals surface area (Å²) in [7, 11) is 0. The zero-order valence-corrected chi connectivity index (χ0v) is 11.8. The maximum atomic E-state index is 12.0. The molecule has 92 valence electrons. The van der Waals surface area contributed by atoms with E-state index in [-0.39, 0.29) is 5.78 Å². The van der Waals surface area contributed by atoms with Gasteiger partial charge in [0.2, 0.25) is 0 Å². The first-order valence-electron chi connectivity index (χ1n) is 5.61. The lowest BCUT2D eigenvalue weighted by Crippen LogP contribution is -1.93. The number of hydrogen-bond donors (Lipinski definition) is 0. The highest BCUT2D eigenvalue weighted by atomic mass is 35.5. The minimum absolute atomic E-state index is 0.0480. The van der Waals surface area contributed by atoms with Crippen molar-refractivity contribution in [3.05, 3.63) is 62.3 Å². The van der Waals surface area contributed by atoms with Crippen molar-refractivity contribution in [2.45, 2.75) is 13.8 Å². The van der Waals surface area contributed by atoms with Gasteiger partial charge in [-0.15, -0.1) is 11.3 Å². The van der Waals surface area contributed by atoms with Crippen LogP contribution in [0.3, 0.4) is 0 Å². The predicted octanol–water partition coefficient (Wildman–Crippen LogP) is 4.91. The molecule has 0 saturated carbocycles. The minimum Gasteiger partial charge on any atom is -0.289 e. The normalized spacial score (nSPS) is 11.1. The highest BCUT2D eigenvalue weighted by molar-refractivity contribution is 7.12. The van der Waals surface area contributed by atoms with Crippen LogP contribution in [0.4, 0.5) is 0 Å². The third-order valence-electron chi connectivity index (χ3n) is 2.60. The number of thiophene rings is 1. The van der Waals surface area contributed by atoms with Crippen molar-refractivity contribution in [2.24, 2.45) is 0 Å². The van der Waals surface area contributed by atoms with Gasteiger partial charge in [-0.2, -0.15) is 0 Å². The summed E-state index contributed by atoms with van der Waals surface area (Å²) >= 11 is 7.45. The highest BCUT2D eigenvalue weighted by Gasteiger charge is 2.08. The average molecular weight is 277 g/mol. The van der Waals surface area contributed by atoms with Crippen LogP contribution in [0.5, 0.6) is 0 Å². The Labute approximate surface area is 116 Å². The summed E-state index contributed by atoms with van der Waals surface area (Å²) in [5.74, 6) is 0.0480. The third kappa shape index (κ3) is 3.09. The molecular weight excluding hydrogens is 264 g/mol. The van der Waals surface area contributed by atoms with Crippen molar-refractivity contribution in [1.29, 1.82) is 0 Å². The molecule has 0 aliphatic heterocycles. The van der Waals surface area contributed by atoms with Crippen LogP contribution < -0.4 is 0 Å². The Morgan fingerprint density at radius 3 is 2.44 bits per heavy atom. The number of benzene rings is 1. The van der Waals surface area contributed by atoms with Crippen LogP contribution in [0.25, 0.3) is 6.08 Å². The van der Waals surface area contributed by atoms with E-state index < -0.39 is 0 Å². The van der Waals surface area contributed by atoms with Gasteiger partial charge in [-0.3, -0.25) is 4.79 Å². The second kappa shape index (κ2) is 5.51. The number of halogens is 1. The molecule has 1 nitrogen and oxygen atoms in total. The fourth-order valence-electron chi connectivity index (χ4n) is 1.71. The van der Waals surface area contributed by atoms with Crippen molar-refractivity contribution in [1.82, 2.24) is 0 Å². The highest BCUT2D eigenvalue weighted by Crippen LogP contribution is 2.21. The molecule has 18 heavy (non-hydrogen) atoms. The van der Waals surface area contributed by atoms with Gasteiger partial charge in [-0.1, -0.05) is 29.8 Å². The maximum Gasteiger partial charge on any atom is 0.186 e. The summed E-state index contributed by atoms with van der Waals surface area (Å²) in [5.41, 5.74) is 1.76. The predicted molar refractivity (Wildman–Crippen MR) is 78.6 cm³/mol. The maximum absolute atomic E-state index is 12.0. The van der Waals surface area contributed by atoms with E-state index in [1.807, 2.05) is 50.3 Å². The lowest BCUT2D eigenvalue weighted by atomic mass is 10.1. The van der Waals surface area contributed by atoms with Gasteiger partial charge in [0.1, 0.15) is 0 Å². The van der Waals surface area contributed by atoms with E-state index in [4.69, 9.17) is 11.6 Å². The first-order valence-corrected chi connectivity index (χ1v) is 6.81. The molecule has 0 atom stereocenters. The summed E-state index contributed by atoms with van der Waals surface area (Å²) in [6, 6.07) is 9.33. The molecule has 0 saturated heterocycles. The summed E-state index contributed by atoms with van der Waals surface area (Å²) in [6.45, 7) is 3.98. The average Bonchev–Trinajstić information content (AvgIpc) is 2.67. The fourth-order valence-corrected chi connectivity index (χ4v) is 2.77. The summed E-state index contributed by atoms with van der Waals surface area (Å²) in [6.07, 6.45) is 3.42. The van der Waals surface area contributed by atoms with E-state index in [9.17, 15) is 4.79 Å². The number of aryl methyl sites for hydroxylation is 2. The van der Waals surface area contributed by atoms with Crippen molar-refractivity contribution in [3.63, 3.8) is 0 Å². The number of carbonyl (C=O) groups excluding carboxylic acids is 1. The molecule has 0 N–H and O–H groups in total. The van der Waals surface area contributed by atoms with Gasteiger partial charge < -0.3 is 0 Å². The van der Waals surface area contributed by atoms with E-state index in [0.29, 0.717) is 5.02 Å². The number of carbonyl (C=O) groups is 1. The van der Waals surface area contributed by atoms with Gasteiger partial charge in [-0.05, 0) is 43.7 Å². The lowest BCUT2D eigenvalue weighted by Gasteiger charge is -1.95. The molecule has 2 rings (SSSR count). The summed E-state index contributed by atoms with van der Waals surface area (Å²) < 4.78 is 0. The zero-order chi connectivity index (χ0) is 13.1. The largest absolute Gasteiger partial charge is 0.289 e. The Morgan fingerprint density at radius 2 is 1.89 bits per heavy atom. The Morgan fingerprint density at radius 1 is 1.22 bits per heavy atom. The van der Waals surface area contributed by atoms with Crippen molar-refractivity contribution in [2.75, 3.05) is 0 Å². The molecule has 0 aliphatic carbocycles. The molecule has 0 spiro atoms. The van der Waals surface area contributed by atoms with Crippen LogP contribution in [0.2, 0.25) is 5.02 Å². The van der Waals surface area contributed by atoms with E-state index in [0.717, 1.165) is 20.9 Å².